The minimum Gasteiger partial charge on any atom is -0.439 e. The highest BCUT2D eigenvalue weighted by molar-refractivity contribution is 5.72. The molecule has 0 amide bonds. The fourth-order valence-corrected chi connectivity index (χ4v) is 1.16. The minimum absolute atomic E-state index is 0.298. The molecule has 1 aromatic heterocycles. The number of oxazole rings is 1. The number of para-hydroxylation sites is 2. The van der Waals surface area contributed by atoms with E-state index in [1.165, 1.54) is 6.07 Å². The summed E-state index contributed by atoms with van der Waals surface area (Å²) < 4.78 is 41.6. The van der Waals surface area contributed by atoms with Gasteiger partial charge in [-0.15, -0.1) is 0 Å². The summed E-state index contributed by atoms with van der Waals surface area (Å²) in [5, 5.41) is 0. The molecule has 0 fully saturated rings. The van der Waals surface area contributed by atoms with Crippen LogP contribution in [0.5, 0.6) is 0 Å². The maximum absolute atomic E-state index is 12.2. The Bertz CT molecular complexity index is 444. The SMILES string of the molecule is NC(c1nc2ccccc2o1)C(F)(F)F. The van der Waals surface area contributed by atoms with Gasteiger partial charge in [-0.3, -0.25) is 0 Å². The lowest BCUT2D eigenvalue weighted by Gasteiger charge is -2.10. The molecular formula is C9H7F3N2O. The molecule has 15 heavy (non-hydrogen) atoms. The predicted octanol–water partition coefficient (Wildman–Crippen LogP) is 2.39. The summed E-state index contributed by atoms with van der Waals surface area (Å²) in [6, 6.07) is 4.23. The van der Waals surface area contributed by atoms with Gasteiger partial charge in [-0.1, -0.05) is 12.1 Å². The van der Waals surface area contributed by atoms with Gasteiger partial charge >= 0.3 is 6.18 Å². The summed E-state index contributed by atoms with van der Waals surface area (Å²) in [4.78, 5) is 3.67. The Balaban J connectivity index is 2.45. The van der Waals surface area contributed by atoms with E-state index < -0.39 is 18.1 Å². The average Bonchev–Trinajstić information content (AvgIpc) is 2.58. The van der Waals surface area contributed by atoms with Crippen LogP contribution < -0.4 is 5.73 Å². The fraction of sp³-hybridized carbons (Fsp3) is 0.222. The molecule has 0 aliphatic rings. The third-order valence-electron chi connectivity index (χ3n) is 1.93. The van der Waals surface area contributed by atoms with E-state index in [4.69, 9.17) is 10.2 Å². The van der Waals surface area contributed by atoms with Gasteiger partial charge in [0.2, 0.25) is 5.89 Å². The summed E-state index contributed by atoms with van der Waals surface area (Å²) >= 11 is 0. The van der Waals surface area contributed by atoms with E-state index in [0.717, 1.165) is 0 Å². The van der Waals surface area contributed by atoms with Crippen molar-refractivity contribution in [2.45, 2.75) is 12.2 Å². The van der Waals surface area contributed by atoms with Crippen LogP contribution in [0.1, 0.15) is 11.9 Å². The van der Waals surface area contributed by atoms with E-state index in [1.807, 2.05) is 0 Å². The first-order valence-corrected chi connectivity index (χ1v) is 4.16. The second-order valence-electron chi connectivity index (χ2n) is 3.04. The minimum atomic E-state index is -4.54. The normalized spacial score (nSPS) is 14.4. The number of benzene rings is 1. The summed E-state index contributed by atoms with van der Waals surface area (Å²) in [5.74, 6) is -0.510. The lowest BCUT2D eigenvalue weighted by molar-refractivity contribution is -0.153. The van der Waals surface area contributed by atoms with E-state index >= 15 is 0 Å². The van der Waals surface area contributed by atoms with Gasteiger partial charge in [0.05, 0.1) is 0 Å². The van der Waals surface area contributed by atoms with Crippen molar-refractivity contribution in [3.63, 3.8) is 0 Å². The number of hydrogen-bond acceptors (Lipinski definition) is 3. The van der Waals surface area contributed by atoms with Gasteiger partial charge in [-0.05, 0) is 12.1 Å². The van der Waals surface area contributed by atoms with Crippen LogP contribution in [0.3, 0.4) is 0 Å². The Hall–Kier alpha value is -1.56. The molecule has 2 N–H and O–H groups in total. The van der Waals surface area contributed by atoms with Crippen molar-refractivity contribution in [2.75, 3.05) is 0 Å². The first kappa shape index (κ1) is 9.97. The molecule has 0 radical (unpaired) electrons. The summed E-state index contributed by atoms with van der Waals surface area (Å²) in [7, 11) is 0. The number of halogens is 3. The van der Waals surface area contributed by atoms with E-state index in [9.17, 15) is 13.2 Å². The lowest BCUT2D eigenvalue weighted by Crippen LogP contribution is -2.28. The molecule has 2 rings (SSSR count). The Kier molecular flexibility index (Phi) is 2.15. The van der Waals surface area contributed by atoms with Crippen molar-refractivity contribution in [2.24, 2.45) is 5.73 Å². The third-order valence-corrected chi connectivity index (χ3v) is 1.93. The summed E-state index contributed by atoms with van der Waals surface area (Å²) in [6.45, 7) is 0. The van der Waals surface area contributed by atoms with Gasteiger partial charge in [-0.25, -0.2) is 4.98 Å². The first-order chi connectivity index (χ1) is 6.98. The van der Waals surface area contributed by atoms with Crippen LogP contribution in [0.25, 0.3) is 11.1 Å². The number of alkyl halides is 3. The molecule has 3 nitrogen and oxygen atoms in total. The molecule has 6 heteroatoms. The number of nitrogens with zero attached hydrogens (tertiary/aromatic N) is 1. The Morgan fingerprint density at radius 1 is 1.27 bits per heavy atom. The molecule has 0 aliphatic carbocycles. The highest BCUT2D eigenvalue weighted by Crippen LogP contribution is 2.31. The molecule has 0 saturated heterocycles. The van der Waals surface area contributed by atoms with Crippen LogP contribution in [0.15, 0.2) is 28.7 Å². The topological polar surface area (TPSA) is 52.0 Å². The van der Waals surface area contributed by atoms with Crippen LogP contribution in [0.4, 0.5) is 13.2 Å². The van der Waals surface area contributed by atoms with Crippen molar-refractivity contribution in [1.29, 1.82) is 0 Å². The first-order valence-electron chi connectivity index (χ1n) is 4.16. The van der Waals surface area contributed by atoms with Crippen LogP contribution in [0.2, 0.25) is 0 Å². The Morgan fingerprint density at radius 2 is 1.93 bits per heavy atom. The van der Waals surface area contributed by atoms with Gasteiger partial charge in [0, 0.05) is 0 Å². The molecule has 0 saturated carbocycles. The second kappa shape index (κ2) is 3.23. The van der Waals surface area contributed by atoms with E-state index in [2.05, 4.69) is 4.98 Å². The van der Waals surface area contributed by atoms with Crippen LogP contribution in [0, 0.1) is 0 Å². The molecular weight excluding hydrogens is 209 g/mol. The highest BCUT2D eigenvalue weighted by Gasteiger charge is 2.41. The van der Waals surface area contributed by atoms with Crippen molar-refractivity contribution in [1.82, 2.24) is 4.98 Å². The van der Waals surface area contributed by atoms with Gasteiger partial charge in [-0.2, -0.15) is 13.2 Å². The standard InChI is InChI=1S/C9H7F3N2O/c10-9(11,12)7(13)8-14-5-3-1-2-4-6(5)15-8/h1-4,7H,13H2. The average molecular weight is 216 g/mol. The fourth-order valence-electron chi connectivity index (χ4n) is 1.16. The van der Waals surface area contributed by atoms with Crippen LogP contribution in [-0.2, 0) is 0 Å². The summed E-state index contributed by atoms with van der Waals surface area (Å²) in [6.07, 6.45) is -4.54. The molecule has 1 heterocycles. The second-order valence-corrected chi connectivity index (χ2v) is 3.04. The molecule has 80 valence electrons. The number of nitrogens with two attached hydrogens (primary N) is 1. The van der Waals surface area contributed by atoms with Gasteiger partial charge in [0.25, 0.3) is 0 Å². The van der Waals surface area contributed by atoms with E-state index in [1.54, 1.807) is 18.2 Å². The van der Waals surface area contributed by atoms with Crippen molar-refractivity contribution in [3.05, 3.63) is 30.2 Å². The molecule has 1 unspecified atom stereocenters. The zero-order chi connectivity index (χ0) is 11.1. The number of rotatable bonds is 1. The monoisotopic (exact) mass is 216 g/mol. The largest absolute Gasteiger partial charge is 0.439 e. The van der Waals surface area contributed by atoms with Crippen LogP contribution in [-0.4, -0.2) is 11.2 Å². The highest BCUT2D eigenvalue weighted by atomic mass is 19.4. The Labute approximate surface area is 82.7 Å². The van der Waals surface area contributed by atoms with Gasteiger partial charge in [0.1, 0.15) is 5.52 Å². The zero-order valence-corrected chi connectivity index (χ0v) is 7.45. The van der Waals surface area contributed by atoms with Crippen molar-refractivity contribution >= 4 is 11.1 Å². The van der Waals surface area contributed by atoms with Gasteiger partial charge < -0.3 is 10.2 Å². The predicted molar refractivity (Wildman–Crippen MR) is 47.0 cm³/mol. The Morgan fingerprint density at radius 3 is 2.53 bits per heavy atom. The van der Waals surface area contributed by atoms with Crippen molar-refractivity contribution < 1.29 is 17.6 Å². The number of fused-ring (bicyclic) bond motifs is 1. The van der Waals surface area contributed by atoms with E-state index in [-0.39, 0.29) is 0 Å². The summed E-state index contributed by atoms with van der Waals surface area (Å²) in [5.41, 5.74) is 5.62. The maximum Gasteiger partial charge on any atom is 0.412 e. The molecule has 1 aromatic carbocycles. The maximum atomic E-state index is 12.2. The quantitative estimate of drug-likeness (QED) is 0.796. The number of hydrogen-bond donors (Lipinski definition) is 1. The zero-order valence-electron chi connectivity index (χ0n) is 7.45. The third kappa shape index (κ3) is 1.80. The lowest BCUT2D eigenvalue weighted by atomic mass is 10.3. The molecule has 0 aliphatic heterocycles. The van der Waals surface area contributed by atoms with Crippen LogP contribution >= 0.6 is 0 Å². The van der Waals surface area contributed by atoms with Gasteiger partial charge in [0.15, 0.2) is 11.6 Å². The van der Waals surface area contributed by atoms with Crippen molar-refractivity contribution in [3.8, 4) is 0 Å². The molecule has 0 bridgehead atoms. The molecule has 1 atom stereocenters. The number of aromatic nitrogens is 1. The molecule has 0 spiro atoms. The van der Waals surface area contributed by atoms with E-state index in [0.29, 0.717) is 11.1 Å². The molecule has 2 aromatic rings. The smallest absolute Gasteiger partial charge is 0.412 e.